The van der Waals surface area contributed by atoms with E-state index in [1.165, 1.54) is 6.07 Å². The molecule has 0 spiro atoms. The fourth-order valence-corrected chi connectivity index (χ4v) is 3.78. The lowest BCUT2D eigenvalue weighted by Crippen LogP contribution is -2.20. The Bertz CT molecular complexity index is 954. The number of nitrogens with zero attached hydrogens (tertiary/aromatic N) is 1. The summed E-state index contributed by atoms with van der Waals surface area (Å²) in [6.45, 7) is 5.35. The monoisotopic (exact) mass is 374 g/mol. The van der Waals surface area contributed by atoms with Gasteiger partial charge in [-0.05, 0) is 62.2 Å². The van der Waals surface area contributed by atoms with E-state index in [-0.39, 0.29) is 10.7 Å². The molecule has 0 radical (unpaired) electrons. The molecule has 0 saturated carbocycles. The van der Waals surface area contributed by atoms with Gasteiger partial charge in [-0.25, -0.2) is 13.6 Å². The fourth-order valence-electron chi connectivity index (χ4n) is 3.21. The third kappa shape index (κ3) is 3.73. The number of Topliss-reactive ketones (excluding diaryl/α,β-unsaturated/α-hetero) is 1. The molecular formula is C19H22N2O4S. The minimum absolute atomic E-state index is 0.00825. The van der Waals surface area contributed by atoms with E-state index in [2.05, 4.69) is 4.90 Å². The van der Waals surface area contributed by atoms with E-state index in [4.69, 9.17) is 9.88 Å². The maximum atomic E-state index is 11.7. The first kappa shape index (κ1) is 18.4. The van der Waals surface area contributed by atoms with E-state index < -0.39 is 10.0 Å². The Morgan fingerprint density at radius 3 is 2.65 bits per heavy atom. The number of primary sulfonamides is 1. The van der Waals surface area contributed by atoms with E-state index in [0.29, 0.717) is 18.7 Å². The molecular weight excluding hydrogens is 352 g/mol. The second-order valence-electron chi connectivity index (χ2n) is 6.32. The predicted octanol–water partition coefficient (Wildman–Crippen LogP) is 2.50. The van der Waals surface area contributed by atoms with Crippen molar-refractivity contribution in [3.8, 4) is 5.75 Å². The van der Waals surface area contributed by atoms with E-state index >= 15 is 0 Å². The van der Waals surface area contributed by atoms with Gasteiger partial charge < -0.3 is 9.64 Å². The largest absolute Gasteiger partial charge is 0.494 e. The average molecular weight is 374 g/mol. The number of anilines is 1. The zero-order chi connectivity index (χ0) is 18.9. The number of carbonyl (C=O) groups is 1. The van der Waals surface area contributed by atoms with Crippen LogP contribution in [0.5, 0.6) is 5.75 Å². The molecule has 2 aromatic carbocycles. The predicted molar refractivity (Wildman–Crippen MR) is 100 cm³/mol. The van der Waals surface area contributed by atoms with E-state index in [1.807, 2.05) is 19.1 Å². The van der Waals surface area contributed by atoms with Crippen LogP contribution in [-0.2, 0) is 23.0 Å². The van der Waals surface area contributed by atoms with Crippen LogP contribution in [0, 0.1) is 0 Å². The Kier molecular flexibility index (Phi) is 5.02. The van der Waals surface area contributed by atoms with Crippen molar-refractivity contribution in [1.29, 1.82) is 0 Å². The van der Waals surface area contributed by atoms with Gasteiger partial charge in [0, 0.05) is 29.9 Å². The van der Waals surface area contributed by atoms with Crippen molar-refractivity contribution >= 4 is 21.5 Å². The zero-order valence-corrected chi connectivity index (χ0v) is 15.7. The summed E-state index contributed by atoms with van der Waals surface area (Å²) in [5.41, 5.74) is 3.51. The lowest BCUT2D eigenvalue weighted by atomic mass is 10.1. The van der Waals surface area contributed by atoms with Gasteiger partial charge in [-0.3, -0.25) is 4.79 Å². The van der Waals surface area contributed by atoms with Crippen molar-refractivity contribution < 1.29 is 17.9 Å². The summed E-state index contributed by atoms with van der Waals surface area (Å²) in [4.78, 5) is 14.0. The Balaban J connectivity index is 1.92. The van der Waals surface area contributed by atoms with Crippen LogP contribution in [-0.4, -0.2) is 27.4 Å². The van der Waals surface area contributed by atoms with Crippen LogP contribution >= 0.6 is 0 Å². The van der Waals surface area contributed by atoms with Crippen LogP contribution in [0.3, 0.4) is 0 Å². The average Bonchev–Trinajstić information content (AvgIpc) is 2.98. The highest BCUT2D eigenvalue weighted by Gasteiger charge is 2.22. The number of sulfonamides is 1. The first-order valence-electron chi connectivity index (χ1n) is 8.47. The van der Waals surface area contributed by atoms with Crippen LogP contribution in [0.15, 0.2) is 41.3 Å². The van der Waals surface area contributed by atoms with Gasteiger partial charge >= 0.3 is 0 Å². The smallest absolute Gasteiger partial charge is 0.238 e. The number of ketones is 1. The lowest BCUT2D eigenvalue weighted by molar-refractivity contribution is 0.101. The molecule has 0 bridgehead atoms. The Morgan fingerprint density at radius 1 is 1.23 bits per heavy atom. The van der Waals surface area contributed by atoms with E-state index in [9.17, 15) is 13.2 Å². The van der Waals surface area contributed by atoms with Crippen molar-refractivity contribution in [2.45, 2.75) is 31.7 Å². The SMILES string of the molecule is CCOc1ccc(C(C)=O)cc1CN1CCc2cc(S(N)(=O)=O)ccc21. The van der Waals surface area contributed by atoms with Crippen LogP contribution in [0.25, 0.3) is 0 Å². The van der Waals surface area contributed by atoms with Crippen molar-refractivity contribution in [3.63, 3.8) is 0 Å². The number of fused-ring (bicyclic) bond motifs is 1. The number of carbonyl (C=O) groups excluding carboxylic acids is 1. The molecule has 0 atom stereocenters. The maximum Gasteiger partial charge on any atom is 0.238 e. The number of nitrogens with two attached hydrogens (primary N) is 1. The third-order valence-corrected chi connectivity index (χ3v) is 5.41. The standard InChI is InChI=1S/C19H22N2O4S/c1-3-25-19-7-4-14(13(2)22)10-16(19)12-21-9-8-15-11-17(26(20,23)24)5-6-18(15)21/h4-7,10-11H,3,8-9,12H2,1-2H3,(H2,20,23,24). The molecule has 1 heterocycles. The molecule has 2 N–H and O–H groups in total. The molecule has 7 heteroatoms. The molecule has 26 heavy (non-hydrogen) atoms. The lowest BCUT2D eigenvalue weighted by Gasteiger charge is -2.22. The molecule has 1 aliphatic rings. The van der Waals surface area contributed by atoms with Crippen molar-refractivity contribution in [2.24, 2.45) is 5.14 Å². The third-order valence-electron chi connectivity index (χ3n) is 4.50. The number of benzene rings is 2. The number of ether oxygens (including phenoxy) is 1. The van der Waals surface area contributed by atoms with Gasteiger partial charge in [-0.2, -0.15) is 0 Å². The van der Waals surface area contributed by atoms with Crippen molar-refractivity contribution in [1.82, 2.24) is 0 Å². The molecule has 138 valence electrons. The normalized spacial score (nSPS) is 13.6. The van der Waals surface area contributed by atoms with Crippen LogP contribution in [0.2, 0.25) is 0 Å². The molecule has 1 aliphatic heterocycles. The first-order chi connectivity index (χ1) is 12.3. The Labute approximate surface area is 153 Å². The van der Waals surface area contributed by atoms with Gasteiger partial charge in [0.15, 0.2) is 5.78 Å². The second-order valence-corrected chi connectivity index (χ2v) is 7.88. The number of rotatable bonds is 6. The highest BCUT2D eigenvalue weighted by molar-refractivity contribution is 7.89. The summed E-state index contributed by atoms with van der Waals surface area (Å²) >= 11 is 0. The van der Waals surface area contributed by atoms with Gasteiger partial charge in [0.05, 0.1) is 11.5 Å². The molecule has 0 amide bonds. The number of hydrogen-bond donors (Lipinski definition) is 1. The number of hydrogen-bond acceptors (Lipinski definition) is 5. The summed E-state index contributed by atoms with van der Waals surface area (Å²) in [7, 11) is -3.71. The summed E-state index contributed by atoms with van der Waals surface area (Å²) in [6, 6.07) is 10.4. The molecule has 3 rings (SSSR count). The Hall–Kier alpha value is -2.38. The van der Waals surface area contributed by atoms with Crippen LogP contribution in [0.1, 0.15) is 35.3 Å². The van der Waals surface area contributed by atoms with Gasteiger partial charge in [-0.1, -0.05) is 0 Å². The molecule has 0 aromatic heterocycles. The van der Waals surface area contributed by atoms with E-state index in [1.54, 1.807) is 25.1 Å². The summed E-state index contributed by atoms with van der Waals surface area (Å²) in [5, 5.41) is 5.22. The highest BCUT2D eigenvalue weighted by Crippen LogP contribution is 2.33. The summed E-state index contributed by atoms with van der Waals surface area (Å²) in [5.74, 6) is 0.765. The first-order valence-corrected chi connectivity index (χ1v) is 10.0. The minimum Gasteiger partial charge on any atom is -0.494 e. The van der Waals surface area contributed by atoms with Gasteiger partial charge in [-0.15, -0.1) is 0 Å². The molecule has 0 unspecified atom stereocenters. The molecule has 0 saturated heterocycles. The van der Waals surface area contributed by atoms with Gasteiger partial charge in [0.1, 0.15) is 5.75 Å². The maximum absolute atomic E-state index is 11.7. The zero-order valence-electron chi connectivity index (χ0n) is 14.9. The summed E-state index contributed by atoms with van der Waals surface area (Å²) < 4.78 is 28.8. The minimum atomic E-state index is -3.71. The highest BCUT2D eigenvalue weighted by atomic mass is 32.2. The van der Waals surface area contributed by atoms with Crippen LogP contribution < -0.4 is 14.8 Å². The fraction of sp³-hybridized carbons (Fsp3) is 0.316. The topological polar surface area (TPSA) is 89.7 Å². The molecule has 0 aliphatic carbocycles. The second kappa shape index (κ2) is 7.09. The van der Waals surface area contributed by atoms with Gasteiger partial charge in [0.25, 0.3) is 0 Å². The van der Waals surface area contributed by atoms with Crippen molar-refractivity contribution in [2.75, 3.05) is 18.1 Å². The molecule has 2 aromatic rings. The van der Waals surface area contributed by atoms with Crippen LogP contribution in [0.4, 0.5) is 5.69 Å². The molecule has 6 nitrogen and oxygen atoms in total. The van der Waals surface area contributed by atoms with E-state index in [0.717, 1.165) is 35.5 Å². The van der Waals surface area contributed by atoms with Crippen molar-refractivity contribution in [3.05, 3.63) is 53.1 Å². The van der Waals surface area contributed by atoms with Gasteiger partial charge in [0.2, 0.25) is 10.0 Å². The Morgan fingerprint density at radius 2 is 2.00 bits per heavy atom. The quantitative estimate of drug-likeness (QED) is 0.785. The molecule has 0 fully saturated rings. The summed E-state index contributed by atoms with van der Waals surface area (Å²) in [6.07, 6.45) is 0.745.